The molecule has 0 N–H and O–H groups in total. The first-order valence-corrected chi connectivity index (χ1v) is 7.80. The molecule has 2 saturated heterocycles. The molecule has 3 rings (SSSR count). The van der Waals surface area contributed by atoms with Gasteiger partial charge in [0.1, 0.15) is 0 Å². The summed E-state index contributed by atoms with van der Waals surface area (Å²) >= 11 is 0. The van der Waals surface area contributed by atoms with Gasteiger partial charge < -0.3 is 14.5 Å². The van der Waals surface area contributed by atoms with Crippen LogP contribution in [0.25, 0.3) is 0 Å². The van der Waals surface area contributed by atoms with Crippen molar-refractivity contribution in [1.29, 1.82) is 0 Å². The minimum Gasteiger partial charge on any atom is -0.373 e. The molecule has 0 radical (unpaired) electrons. The van der Waals surface area contributed by atoms with Crippen LogP contribution in [-0.4, -0.2) is 65.6 Å². The smallest absolute Gasteiger partial charge is 0.227 e. The van der Waals surface area contributed by atoms with Crippen LogP contribution in [0.3, 0.4) is 0 Å². The molecule has 2 aliphatic heterocycles. The molecule has 1 aromatic heterocycles. The summed E-state index contributed by atoms with van der Waals surface area (Å²) in [5.74, 6) is 0.200. The van der Waals surface area contributed by atoms with Gasteiger partial charge in [0, 0.05) is 32.0 Å². The Hall–Kier alpha value is -1.46. The Morgan fingerprint density at radius 2 is 2.38 bits per heavy atom. The number of piperidine rings is 1. The lowest BCUT2D eigenvalue weighted by Crippen LogP contribution is -2.60. The van der Waals surface area contributed by atoms with Crippen molar-refractivity contribution in [2.45, 2.75) is 31.9 Å². The second-order valence-corrected chi connectivity index (χ2v) is 5.78. The molecule has 0 saturated carbocycles. The number of carbonyl (C=O) groups is 1. The Morgan fingerprint density at radius 1 is 1.48 bits per heavy atom. The lowest BCUT2D eigenvalue weighted by molar-refractivity contribution is -0.151. The van der Waals surface area contributed by atoms with Gasteiger partial charge in [-0.3, -0.25) is 9.78 Å². The molecule has 2 fully saturated rings. The van der Waals surface area contributed by atoms with E-state index in [1.54, 1.807) is 12.4 Å². The number of hydrogen-bond donors (Lipinski definition) is 0. The number of amides is 1. The summed E-state index contributed by atoms with van der Waals surface area (Å²) in [6, 6.07) is 4.08. The number of carbonyl (C=O) groups excluding carboxylic acids is 1. The number of likely N-dealkylation sites (tertiary alicyclic amines) is 1. The second-order valence-electron chi connectivity index (χ2n) is 5.78. The molecule has 5 nitrogen and oxygen atoms in total. The van der Waals surface area contributed by atoms with Crippen LogP contribution in [0.5, 0.6) is 0 Å². The summed E-state index contributed by atoms with van der Waals surface area (Å²) in [4.78, 5) is 21.1. The van der Waals surface area contributed by atoms with E-state index in [0.717, 1.165) is 31.6 Å². The minimum atomic E-state index is 0.172. The first-order chi connectivity index (χ1) is 10.3. The van der Waals surface area contributed by atoms with Gasteiger partial charge in [-0.25, -0.2) is 0 Å². The molecule has 2 aliphatic rings. The van der Waals surface area contributed by atoms with Crippen LogP contribution in [-0.2, 0) is 16.0 Å². The van der Waals surface area contributed by atoms with E-state index in [1.165, 1.54) is 0 Å². The van der Waals surface area contributed by atoms with Crippen molar-refractivity contribution in [3.8, 4) is 0 Å². The van der Waals surface area contributed by atoms with E-state index >= 15 is 0 Å². The Morgan fingerprint density at radius 3 is 3.14 bits per heavy atom. The summed E-state index contributed by atoms with van der Waals surface area (Å²) in [6.45, 7) is 6.59. The van der Waals surface area contributed by atoms with Gasteiger partial charge in [-0.1, -0.05) is 13.0 Å². The van der Waals surface area contributed by atoms with E-state index in [0.29, 0.717) is 19.6 Å². The number of hydrogen-bond acceptors (Lipinski definition) is 4. The van der Waals surface area contributed by atoms with E-state index < -0.39 is 0 Å². The highest BCUT2D eigenvalue weighted by Crippen LogP contribution is 2.23. The number of rotatable bonds is 3. The summed E-state index contributed by atoms with van der Waals surface area (Å²) in [7, 11) is 0. The normalized spacial score (nSPS) is 26.4. The highest BCUT2D eigenvalue weighted by atomic mass is 16.5. The van der Waals surface area contributed by atoms with Crippen LogP contribution >= 0.6 is 0 Å². The van der Waals surface area contributed by atoms with E-state index in [2.05, 4.69) is 16.8 Å². The first-order valence-electron chi connectivity index (χ1n) is 7.80. The van der Waals surface area contributed by atoms with Gasteiger partial charge in [0.25, 0.3) is 0 Å². The maximum absolute atomic E-state index is 12.6. The van der Waals surface area contributed by atoms with Crippen LogP contribution in [0.4, 0.5) is 0 Å². The molecule has 0 aromatic carbocycles. The molecular formula is C16H23N3O2. The standard InChI is InChI=1S/C16H23N3O2/c1-2-18-7-5-14-15(12-18)21-9-8-19(14)16(20)10-13-4-3-6-17-11-13/h3-4,6,11,14-15H,2,5,7-10,12H2,1H3/t14-,15-/m0/s1. The lowest BCUT2D eigenvalue weighted by atomic mass is 9.97. The van der Waals surface area contributed by atoms with Crippen LogP contribution in [0.15, 0.2) is 24.5 Å². The van der Waals surface area contributed by atoms with Crippen molar-refractivity contribution in [2.75, 3.05) is 32.8 Å². The van der Waals surface area contributed by atoms with E-state index in [-0.39, 0.29) is 18.1 Å². The zero-order chi connectivity index (χ0) is 14.7. The highest BCUT2D eigenvalue weighted by Gasteiger charge is 2.38. The topological polar surface area (TPSA) is 45.7 Å². The molecule has 2 atom stereocenters. The molecule has 0 bridgehead atoms. The second kappa shape index (κ2) is 6.54. The van der Waals surface area contributed by atoms with E-state index in [4.69, 9.17) is 4.74 Å². The van der Waals surface area contributed by atoms with Crippen LogP contribution in [0, 0.1) is 0 Å². The lowest BCUT2D eigenvalue weighted by Gasteiger charge is -2.46. The van der Waals surface area contributed by atoms with Gasteiger partial charge in [-0.2, -0.15) is 0 Å². The number of pyridine rings is 1. The largest absolute Gasteiger partial charge is 0.373 e. The zero-order valence-electron chi connectivity index (χ0n) is 12.6. The number of ether oxygens (including phenoxy) is 1. The fraction of sp³-hybridized carbons (Fsp3) is 0.625. The monoisotopic (exact) mass is 289 g/mol. The number of morpholine rings is 1. The zero-order valence-corrected chi connectivity index (χ0v) is 12.6. The SMILES string of the molecule is CCN1CC[C@H]2[C@H](C1)OCCN2C(=O)Cc1cccnc1. The number of nitrogens with zero attached hydrogens (tertiary/aromatic N) is 3. The minimum absolute atomic E-state index is 0.172. The third-order valence-electron chi connectivity index (χ3n) is 4.52. The van der Waals surface area contributed by atoms with Crippen molar-refractivity contribution in [2.24, 2.45) is 0 Å². The van der Waals surface area contributed by atoms with Crippen LogP contribution in [0.2, 0.25) is 0 Å². The molecule has 0 aliphatic carbocycles. The fourth-order valence-electron chi connectivity index (χ4n) is 3.33. The van der Waals surface area contributed by atoms with Crippen molar-refractivity contribution < 1.29 is 9.53 Å². The van der Waals surface area contributed by atoms with Crippen molar-refractivity contribution in [3.63, 3.8) is 0 Å². The molecule has 3 heterocycles. The molecule has 0 spiro atoms. The van der Waals surface area contributed by atoms with Gasteiger partial charge in [0.2, 0.25) is 5.91 Å². The predicted molar refractivity (Wildman–Crippen MR) is 79.9 cm³/mol. The maximum Gasteiger partial charge on any atom is 0.227 e. The average Bonchev–Trinajstić information content (AvgIpc) is 2.54. The average molecular weight is 289 g/mol. The van der Waals surface area contributed by atoms with Gasteiger partial charge >= 0.3 is 0 Å². The quantitative estimate of drug-likeness (QED) is 0.831. The molecule has 114 valence electrons. The third-order valence-corrected chi connectivity index (χ3v) is 4.52. The van der Waals surface area contributed by atoms with Gasteiger partial charge in [0.05, 0.1) is 25.2 Å². The predicted octanol–water partition coefficient (Wildman–Crippen LogP) is 0.946. The highest BCUT2D eigenvalue weighted by molar-refractivity contribution is 5.79. The summed E-state index contributed by atoms with van der Waals surface area (Å²) in [5.41, 5.74) is 0.983. The van der Waals surface area contributed by atoms with Gasteiger partial charge in [-0.15, -0.1) is 0 Å². The Labute approximate surface area is 125 Å². The summed E-state index contributed by atoms with van der Waals surface area (Å²) < 4.78 is 5.90. The fourth-order valence-corrected chi connectivity index (χ4v) is 3.33. The molecular weight excluding hydrogens is 266 g/mol. The molecule has 1 aromatic rings. The molecule has 21 heavy (non-hydrogen) atoms. The Bertz CT molecular complexity index is 480. The number of aromatic nitrogens is 1. The Kier molecular flexibility index (Phi) is 4.51. The Balaban J connectivity index is 1.66. The van der Waals surface area contributed by atoms with Gasteiger partial charge in [-0.05, 0) is 24.6 Å². The van der Waals surface area contributed by atoms with Crippen molar-refractivity contribution in [1.82, 2.24) is 14.8 Å². The van der Waals surface area contributed by atoms with E-state index in [1.807, 2.05) is 17.0 Å². The third kappa shape index (κ3) is 3.24. The van der Waals surface area contributed by atoms with Crippen LogP contribution < -0.4 is 0 Å². The summed E-state index contributed by atoms with van der Waals surface area (Å²) in [5, 5.41) is 0. The van der Waals surface area contributed by atoms with Crippen molar-refractivity contribution >= 4 is 5.91 Å². The van der Waals surface area contributed by atoms with E-state index in [9.17, 15) is 4.79 Å². The number of likely N-dealkylation sites (N-methyl/N-ethyl adjacent to an activating group) is 1. The molecule has 0 unspecified atom stereocenters. The first kappa shape index (κ1) is 14.5. The molecule has 5 heteroatoms. The molecule has 1 amide bonds. The number of fused-ring (bicyclic) bond motifs is 1. The maximum atomic E-state index is 12.6. The van der Waals surface area contributed by atoms with Crippen molar-refractivity contribution in [3.05, 3.63) is 30.1 Å². The van der Waals surface area contributed by atoms with Gasteiger partial charge in [0.15, 0.2) is 0 Å². The van der Waals surface area contributed by atoms with Crippen LogP contribution in [0.1, 0.15) is 18.9 Å². The summed E-state index contributed by atoms with van der Waals surface area (Å²) in [6.07, 6.45) is 5.13.